The lowest BCUT2D eigenvalue weighted by Crippen LogP contribution is -2.43. The molecule has 0 bridgehead atoms. The molecule has 1 amide bonds. The minimum atomic E-state index is -0.722. The molecule has 0 aromatic heterocycles. The van der Waals surface area contributed by atoms with Gasteiger partial charge < -0.3 is 20.5 Å². The Morgan fingerprint density at radius 1 is 1.19 bits per heavy atom. The van der Waals surface area contributed by atoms with Gasteiger partial charge in [0, 0.05) is 5.02 Å². The van der Waals surface area contributed by atoms with Gasteiger partial charge in [0.2, 0.25) is 0 Å². The number of rotatable bonds is 12. The summed E-state index contributed by atoms with van der Waals surface area (Å²) in [5.74, 6) is -0.655. The molecule has 182 valence electrons. The number of phenols is 1. The largest absolute Gasteiger partial charge is 0.507 e. The molecule has 1 aromatic rings. The van der Waals surface area contributed by atoms with Gasteiger partial charge in [-0.15, -0.1) is 12.4 Å². The van der Waals surface area contributed by atoms with Gasteiger partial charge in [0.25, 0.3) is 5.91 Å². The summed E-state index contributed by atoms with van der Waals surface area (Å²) in [6.07, 6.45) is 10.0. The van der Waals surface area contributed by atoms with Crippen molar-refractivity contribution in [3.8, 4) is 5.75 Å². The molecule has 0 spiro atoms. The molecule has 1 aromatic carbocycles. The van der Waals surface area contributed by atoms with Gasteiger partial charge in [-0.3, -0.25) is 4.79 Å². The van der Waals surface area contributed by atoms with E-state index >= 15 is 0 Å². The number of aromatic hydroxyl groups is 1. The van der Waals surface area contributed by atoms with Crippen molar-refractivity contribution in [1.29, 1.82) is 0 Å². The van der Waals surface area contributed by atoms with Gasteiger partial charge in [-0.25, -0.2) is 4.79 Å². The zero-order valence-corrected chi connectivity index (χ0v) is 20.8. The average molecular weight is 489 g/mol. The quantitative estimate of drug-likeness (QED) is 0.283. The van der Waals surface area contributed by atoms with Crippen LogP contribution in [-0.4, -0.2) is 43.2 Å². The lowest BCUT2D eigenvalue weighted by molar-refractivity contribution is -0.146. The zero-order valence-electron chi connectivity index (χ0n) is 19.3. The summed E-state index contributed by atoms with van der Waals surface area (Å²) in [7, 11) is 1.93. The van der Waals surface area contributed by atoms with Crippen LogP contribution in [0.5, 0.6) is 5.75 Å². The van der Waals surface area contributed by atoms with Crippen LogP contribution in [0, 0.1) is 5.92 Å². The van der Waals surface area contributed by atoms with E-state index in [2.05, 4.69) is 10.6 Å². The van der Waals surface area contributed by atoms with Crippen LogP contribution in [-0.2, 0) is 16.0 Å². The molecule has 0 heterocycles. The fourth-order valence-electron chi connectivity index (χ4n) is 4.22. The summed E-state index contributed by atoms with van der Waals surface area (Å²) in [4.78, 5) is 25.3. The lowest BCUT2D eigenvalue weighted by Gasteiger charge is -2.26. The van der Waals surface area contributed by atoms with Crippen LogP contribution in [0.15, 0.2) is 12.1 Å². The number of carbonyl (C=O) groups is 2. The first-order valence-electron chi connectivity index (χ1n) is 11.6. The van der Waals surface area contributed by atoms with Crippen molar-refractivity contribution in [1.82, 2.24) is 10.6 Å². The van der Waals surface area contributed by atoms with Crippen LogP contribution in [0.1, 0.15) is 80.6 Å². The minimum absolute atomic E-state index is 0. The van der Waals surface area contributed by atoms with E-state index in [1.54, 1.807) is 13.0 Å². The van der Waals surface area contributed by atoms with E-state index in [1.165, 1.54) is 12.5 Å². The van der Waals surface area contributed by atoms with Crippen LogP contribution in [0.2, 0.25) is 5.02 Å². The normalized spacial score (nSPS) is 15.0. The Morgan fingerprint density at radius 3 is 2.56 bits per heavy atom. The van der Waals surface area contributed by atoms with E-state index in [1.807, 2.05) is 7.05 Å². The maximum absolute atomic E-state index is 12.9. The third-order valence-electron chi connectivity index (χ3n) is 5.95. The number of esters is 1. The second-order valence-corrected chi connectivity index (χ2v) is 8.80. The predicted molar refractivity (Wildman–Crippen MR) is 131 cm³/mol. The number of hydrogen-bond donors (Lipinski definition) is 3. The van der Waals surface area contributed by atoms with Crippen molar-refractivity contribution >= 4 is 35.9 Å². The Hall–Kier alpha value is -1.50. The maximum Gasteiger partial charge on any atom is 0.328 e. The van der Waals surface area contributed by atoms with Gasteiger partial charge in [-0.1, -0.05) is 50.1 Å². The van der Waals surface area contributed by atoms with Crippen molar-refractivity contribution in [2.24, 2.45) is 5.92 Å². The fraction of sp³-hybridized carbons (Fsp3) is 0.667. The van der Waals surface area contributed by atoms with E-state index < -0.39 is 17.9 Å². The van der Waals surface area contributed by atoms with E-state index in [4.69, 9.17) is 16.3 Å². The van der Waals surface area contributed by atoms with Gasteiger partial charge in [0.15, 0.2) is 0 Å². The predicted octanol–water partition coefficient (Wildman–Crippen LogP) is 5.03. The van der Waals surface area contributed by atoms with Gasteiger partial charge in [0.05, 0.1) is 12.2 Å². The van der Waals surface area contributed by atoms with Crippen LogP contribution in [0.4, 0.5) is 0 Å². The summed E-state index contributed by atoms with van der Waals surface area (Å²) in [5, 5.41) is 16.8. The topological polar surface area (TPSA) is 87.7 Å². The van der Waals surface area contributed by atoms with Crippen LogP contribution in [0.25, 0.3) is 0 Å². The molecule has 1 fully saturated rings. The molecule has 0 aliphatic heterocycles. The highest BCUT2D eigenvalue weighted by Crippen LogP contribution is 2.30. The molecular weight excluding hydrogens is 451 g/mol. The fourth-order valence-corrected chi connectivity index (χ4v) is 4.48. The van der Waals surface area contributed by atoms with Crippen LogP contribution < -0.4 is 10.6 Å². The van der Waals surface area contributed by atoms with Crippen LogP contribution in [0.3, 0.4) is 0 Å². The van der Waals surface area contributed by atoms with Gasteiger partial charge >= 0.3 is 5.97 Å². The molecule has 1 aliphatic rings. The number of ether oxygens (including phenoxy) is 1. The number of carbonyl (C=O) groups excluding carboxylic acids is 2. The Labute approximate surface area is 203 Å². The Morgan fingerprint density at radius 2 is 1.91 bits per heavy atom. The van der Waals surface area contributed by atoms with Crippen molar-refractivity contribution < 1.29 is 19.4 Å². The molecule has 8 heteroatoms. The van der Waals surface area contributed by atoms with Crippen molar-refractivity contribution in [2.75, 3.05) is 20.2 Å². The summed E-state index contributed by atoms with van der Waals surface area (Å²) in [5.41, 5.74) is 0.909. The zero-order chi connectivity index (χ0) is 22.6. The summed E-state index contributed by atoms with van der Waals surface area (Å²) in [6, 6.07) is 2.34. The summed E-state index contributed by atoms with van der Waals surface area (Å²) >= 11 is 6.39. The second kappa shape index (κ2) is 15.4. The molecule has 1 atom stereocenters. The Kier molecular flexibility index (Phi) is 13.7. The van der Waals surface area contributed by atoms with E-state index in [9.17, 15) is 14.7 Å². The van der Waals surface area contributed by atoms with Crippen molar-refractivity contribution in [2.45, 2.75) is 77.2 Å². The number of aryl methyl sites for hydroxylation is 1. The number of hydrogen-bond acceptors (Lipinski definition) is 5. The number of amides is 1. The smallest absolute Gasteiger partial charge is 0.328 e. The van der Waals surface area contributed by atoms with Gasteiger partial charge in [0.1, 0.15) is 11.8 Å². The molecule has 1 saturated carbocycles. The molecule has 0 saturated heterocycles. The molecule has 1 aliphatic carbocycles. The first-order chi connectivity index (χ1) is 15.0. The lowest BCUT2D eigenvalue weighted by atomic mass is 9.84. The van der Waals surface area contributed by atoms with Crippen molar-refractivity contribution in [3.63, 3.8) is 0 Å². The van der Waals surface area contributed by atoms with E-state index in [0.717, 1.165) is 63.5 Å². The SMILES string of the molecule is CCOC(=O)[C@@H](CC1CCCCC1)NC(=O)c1cc(Cl)c(CCCCCNC)cc1O.Cl. The molecule has 32 heavy (non-hydrogen) atoms. The number of nitrogens with one attached hydrogen (secondary N) is 2. The van der Waals surface area contributed by atoms with Crippen molar-refractivity contribution in [3.05, 3.63) is 28.3 Å². The molecule has 2 rings (SSSR count). The highest BCUT2D eigenvalue weighted by molar-refractivity contribution is 6.31. The number of unbranched alkanes of at least 4 members (excludes halogenated alkanes) is 2. The maximum atomic E-state index is 12.9. The third-order valence-corrected chi connectivity index (χ3v) is 6.30. The standard InChI is InChI=1S/C24H37ClN2O4.ClH/c1-3-31-24(30)21(14-17-10-6-4-7-11-17)27-23(29)19-16-20(25)18(15-22(19)28)12-8-5-9-13-26-2;/h15-17,21,26,28H,3-14H2,1-2H3,(H,27,29);1H/t21-;/m1./s1. The first-order valence-corrected chi connectivity index (χ1v) is 12.0. The highest BCUT2D eigenvalue weighted by atomic mass is 35.5. The number of benzene rings is 1. The van der Waals surface area contributed by atoms with Crippen LogP contribution >= 0.6 is 24.0 Å². The molecule has 6 nitrogen and oxygen atoms in total. The van der Waals surface area contributed by atoms with E-state index in [0.29, 0.717) is 17.4 Å². The highest BCUT2D eigenvalue weighted by Gasteiger charge is 2.28. The number of halogens is 2. The van der Waals surface area contributed by atoms with Gasteiger partial charge in [-0.05, 0) is 69.8 Å². The molecule has 0 unspecified atom stereocenters. The molecular formula is C24H38Cl2N2O4. The first kappa shape index (κ1) is 28.5. The summed E-state index contributed by atoms with van der Waals surface area (Å²) < 4.78 is 5.18. The Balaban J connectivity index is 0.00000512. The molecule has 0 radical (unpaired) electrons. The minimum Gasteiger partial charge on any atom is -0.507 e. The number of phenolic OH excluding ortho intramolecular Hbond substituents is 1. The summed E-state index contributed by atoms with van der Waals surface area (Å²) in [6.45, 7) is 2.98. The monoisotopic (exact) mass is 488 g/mol. The Bertz CT molecular complexity index is 724. The van der Waals surface area contributed by atoms with E-state index in [-0.39, 0.29) is 30.3 Å². The average Bonchev–Trinajstić information content (AvgIpc) is 2.76. The van der Waals surface area contributed by atoms with Gasteiger partial charge in [-0.2, -0.15) is 0 Å². The molecule has 3 N–H and O–H groups in total. The second-order valence-electron chi connectivity index (χ2n) is 8.39. The third kappa shape index (κ3) is 9.16.